The molecule has 3 N–H and O–H groups in total. The second kappa shape index (κ2) is 7.84. The number of carbonyl (C=O) groups excluding carboxylic acids is 1. The summed E-state index contributed by atoms with van der Waals surface area (Å²) in [5, 5.41) is 5.97. The van der Waals surface area contributed by atoms with E-state index in [4.69, 9.17) is 0 Å². The van der Waals surface area contributed by atoms with Crippen LogP contribution in [0.3, 0.4) is 0 Å². The topological polar surface area (TPSA) is 87.3 Å². The maximum Gasteiger partial charge on any atom is 0.261 e. The van der Waals surface area contributed by atoms with Gasteiger partial charge in [-0.3, -0.25) is 9.52 Å². The Kier molecular flexibility index (Phi) is 5.53. The predicted octanol–water partition coefficient (Wildman–Crippen LogP) is 1.99. The van der Waals surface area contributed by atoms with Gasteiger partial charge in [0.15, 0.2) is 0 Å². The molecule has 1 aliphatic rings. The molecule has 6 nitrogen and oxygen atoms in total. The van der Waals surface area contributed by atoms with E-state index in [1.54, 1.807) is 12.1 Å². The lowest BCUT2D eigenvalue weighted by Gasteiger charge is -2.12. The van der Waals surface area contributed by atoms with Crippen molar-refractivity contribution in [2.75, 3.05) is 11.3 Å². The van der Waals surface area contributed by atoms with Crippen LogP contribution in [0.2, 0.25) is 0 Å². The van der Waals surface area contributed by atoms with Gasteiger partial charge in [0, 0.05) is 12.2 Å². The molecule has 2 aromatic carbocycles. The number of nitrogens with one attached hydrogen (secondary N) is 3. The molecule has 1 heterocycles. The van der Waals surface area contributed by atoms with E-state index < -0.39 is 15.8 Å². The first-order chi connectivity index (χ1) is 12.4. The maximum atomic E-state index is 12.9. The minimum Gasteiger partial charge on any atom is -0.351 e. The summed E-state index contributed by atoms with van der Waals surface area (Å²) in [7, 11) is -3.76. The van der Waals surface area contributed by atoms with Crippen molar-refractivity contribution in [3.63, 3.8) is 0 Å². The molecule has 2 aromatic rings. The summed E-state index contributed by atoms with van der Waals surface area (Å²) in [6.07, 6.45) is 1.82. The highest BCUT2D eigenvalue weighted by Gasteiger charge is 2.21. The molecular formula is C18H20FN3O3S. The molecule has 0 saturated carbocycles. The Labute approximate surface area is 151 Å². The normalized spacial score (nSPS) is 17.0. The molecule has 0 radical (unpaired) electrons. The Bertz CT molecular complexity index is 862. The molecule has 1 aliphatic heterocycles. The molecule has 1 amide bonds. The highest BCUT2D eigenvalue weighted by molar-refractivity contribution is 7.92. The van der Waals surface area contributed by atoms with E-state index in [2.05, 4.69) is 15.4 Å². The van der Waals surface area contributed by atoms with Gasteiger partial charge < -0.3 is 10.6 Å². The van der Waals surface area contributed by atoms with Crippen molar-refractivity contribution in [1.82, 2.24) is 10.6 Å². The second-order valence-corrected chi connectivity index (χ2v) is 7.81. The zero-order chi connectivity index (χ0) is 18.6. The van der Waals surface area contributed by atoms with Crippen LogP contribution in [0.15, 0.2) is 53.4 Å². The quantitative estimate of drug-likeness (QED) is 0.719. The second-order valence-electron chi connectivity index (χ2n) is 6.12. The first-order valence-corrected chi connectivity index (χ1v) is 9.81. The maximum absolute atomic E-state index is 12.9. The highest BCUT2D eigenvalue weighted by atomic mass is 32.2. The number of carbonyl (C=O) groups is 1. The molecule has 1 saturated heterocycles. The van der Waals surface area contributed by atoms with E-state index in [0.717, 1.165) is 24.9 Å². The smallest absolute Gasteiger partial charge is 0.261 e. The summed E-state index contributed by atoms with van der Waals surface area (Å²) >= 11 is 0. The van der Waals surface area contributed by atoms with Gasteiger partial charge in [-0.25, -0.2) is 12.8 Å². The molecule has 3 rings (SSSR count). The number of hydrogen-bond acceptors (Lipinski definition) is 4. The number of sulfonamides is 1. The van der Waals surface area contributed by atoms with Crippen molar-refractivity contribution < 1.29 is 17.6 Å². The standard InChI is InChI=1S/C18H20FN3O3S/c19-14-5-7-15(8-6-14)22-26(24,25)16-9-3-13(4-10-16)12-21-18(23)17-2-1-11-20-17/h3-10,17,20,22H,1-2,11-12H2,(H,21,23). The fourth-order valence-electron chi connectivity index (χ4n) is 2.74. The van der Waals surface area contributed by atoms with E-state index >= 15 is 0 Å². The Morgan fingerprint density at radius 1 is 1.12 bits per heavy atom. The van der Waals surface area contributed by atoms with E-state index in [9.17, 15) is 17.6 Å². The van der Waals surface area contributed by atoms with Gasteiger partial charge in [-0.2, -0.15) is 0 Å². The summed E-state index contributed by atoms with van der Waals surface area (Å²) in [6, 6.07) is 11.2. The molecule has 26 heavy (non-hydrogen) atoms. The van der Waals surface area contributed by atoms with Gasteiger partial charge in [-0.15, -0.1) is 0 Å². The molecule has 0 spiro atoms. The monoisotopic (exact) mass is 377 g/mol. The molecule has 0 aliphatic carbocycles. The van der Waals surface area contributed by atoms with Gasteiger partial charge in [-0.1, -0.05) is 12.1 Å². The van der Waals surface area contributed by atoms with E-state index in [1.165, 1.54) is 36.4 Å². The van der Waals surface area contributed by atoms with Crippen molar-refractivity contribution in [1.29, 1.82) is 0 Å². The van der Waals surface area contributed by atoms with Crippen LogP contribution >= 0.6 is 0 Å². The summed E-state index contributed by atoms with van der Waals surface area (Å²) in [5.74, 6) is -0.482. The molecule has 8 heteroatoms. The average Bonchev–Trinajstić information content (AvgIpc) is 3.17. The molecule has 138 valence electrons. The van der Waals surface area contributed by atoms with Crippen LogP contribution in [0, 0.1) is 5.82 Å². The third-order valence-electron chi connectivity index (χ3n) is 4.17. The van der Waals surface area contributed by atoms with Crippen LogP contribution in [0.4, 0.5) is 10.1 Å². The third-order valence-corrected chi connectivity index (χ3v) is 5.57. The minimum atomic E-state index is -3.76. The van der Waals surface area contributed by atoms with E-state index in [1.807, 2.05) is 0 Å². The van der Waals surface area contributed by atoms with Crippen molar-refractivity contribution >= 4 is 21.6 Å². The fraction of sp³-hybridized carbons (Fsp3) is 0.278. The lowest BCUT2D eigenvalue weighted by Crippen LogP contribution is -2.39. The SMILES string of the molecule is O=C(NCc1ccc(S(=O)(=O)Nc2ccc(F)cc2)cc1)C1CCCN1. The molecule has 0 aromatic heterocycles. The van der Waals surface area contributed by atoms with Gasteiger partial charge in [0.25, 0.3) is 10.0 Å². The van der Waals surface area contributed by atoms with E-state index in [-0.39, 0.29) is 22.5 Å². The van der Waals surface area contributed by atoms with Gasteiger partial charge in [0.2, 0.25) is 5.91 Å². The first-order valence-electron chi connectivity index (χ1n) is 8.32. The van der Waals surface area contributed by atoms with Crippen LogP contribution in [0.1, 0.15) is 18.4 Å². The van der Waals surface area contributed by atoms with Gasteiger partial charge >= 0.3 is 0 Å². The molecule has 1 fully saturated rings. The Morgan fingerprint density at radius 3 is 2.42 bits per heavy atom. The number of hydrogen-bond donors (Lipinski definition) is 3. The van der Waals surface area contributed by atoms with Crippen LogP contribution in [-0.2, 0) is 21.4 Å². The minimum absolute atomic E-state index is 0.0443. The van der Waals surface area contributed by atoms with Crippen LogP contribution in [0.25, 0.3) is 0 Å². The number of amides is 1. The third kappa shape index (κ3) is 4.59. The largest absolute Gasteiger partial charge is 0.351 e. The molecule has 0 bridgehead atoms. The van der Waals surface area contributed by atoms with Gasteiger partial charge in [-0.05, 0) is 61.3 Å². The van der Waals surface area contributed by atoms with Crippen molar-refractivity contribution in [2.45, 2.75) is 30.3 Å². The summed E-state index contributed by atoms with van der Waals surface area (Å²) < 4.78 is 40.0. The Morgan fingerprint density at radius 2 is 1.81 bits per heavy atom. The fourth-order valence-corrected chi connectivity index (χ4v) is 3.80. The van der Waals surface area contributed by atoms with Crippen molar-refractivity contribution in [3.05, 3.63) is 59.9 Å². The summed E-state index contributed by atoms with van der Waals surface area (Å²) in [4.78, 5) is 12.1. The zero-order valence-corrected chi connectivity index (χ0v) is 14.9. The predicted molar refractivity (Wildman–Crippen MR) is 96.5 cm³/mol. The number of anilines is 1. The molecular weight excluding hydrogens is 357 g/mol. The molecule has 1 atom stereocenters. The van der Waals surface area contributed by atoms with E-state index in [0.29, 0.717) is 6.54 Å². The van der Waals surface area contributed by atoms with Crippen LogP contribution in [0.5, 0.6) is 0 Å². The lowest BCUT2D eigenvalue weighted by molar-refractivity contribution is -0.122. The number of halogens is 1. The Balaban J connectivity index is 1.60. The zero-order valence-electron chi connectivity index (χ0n) is 14.0. The summed E-state index contributed by atoms with van der Waals surface area (Å²) in [5.41, 5.74) is 1.09. The first kappa shape index (κ1) is 18.3. The van der Waals surface area contributed by atoms with Crippen LogP contribution in [-0.4, -0.2) is 26.9 Å². The van der Waals surface area contributed by atoms with Crippen molar-refractivity contribution in [3.8, 4) is 0 Å². The highest BCUT2D eigenvalue weighted by Crippen LogP contribution is 2.17. The average molecular weight is 377 g/mol. The Hall–Kier alpha value is -2.45. The lowest BCUT2D eigenvalue weighted by atomic mass is 10.2. The van der Waals surface area contributed by atoms with Crippen molar-refractivity contribution in [2.24, 2.45) is 0 Å². The van der Waals surface area contributed by atoms with Gasteiger partial charge in [0.1, 0.15) is 5.82 Å². The molecule has 1 unspecified atom stereocenters. The van der Waals surface area contributed by atoms with Gasteiger partial charge in [0.05, 0.1) is 10.9 Å². The summed E-state index contributed by atoms with van der Waals surface area (Å²) in [6.45, 7) is 1.19. The number of rotatable bonds is 6. The number of benzene rings is 2. The van der Waals surface area contributed by atoms with Crippen LogP contribution < -0.4 is 15.4 Å².